The van der Waals surface area contributed by atoms with Gasteiger partial charge in [-0.05, 0) is 24.3 Å². The smallest absolute Gasteiger partial charge is 0.229 e. The van der Waals surface area contributed by atoms with Crippen LogP contribution in [0.25, 0.3) is 0 Å². The number of carbonyl (C=O) groups excluding carboxylic acids is 1. The van der Waals surface area contributed by atoms with Crippen LogP contribution in [0.3, 0.4) is 0 Å². The van der Waals surface area contributed by atoms with Crippen LogP contribution >= 0.6 is 0 Å². The summed E-state index contributed by atoms with van der Waals surface area (Å²) in [7, 11) is 1.73. The van der Waals surface area contributed by atoms with Crippen LogP contribution in [-0.4, -0.2) is 38.0 Å². The SMILES string of the molecule is CN=C(NCCc1ccco1)NC1CC(=O)N(c2ccccc2)C1. The van der Waals surface area contributed by atoms with Crippen molar-refractivity contribution in [3.8, 4) is 0 Å². The summed E-state index contributed by atoms with van der Waals surface area (Å²) < 4.78 is 5.31. The van der Waals surface area contributed by atoms with Gasteiger partial charge in [-0.15, -0.1) is 0 Å². The standard InChI is InChI=1S/C18H22N4O2/c1-19-18(20-10-9-16-8-5-11-24-16)21-14-12-17(23)22(13-14)15-6-3-2-4-7-15/h2-8,11,14H,9-10,12-13H2,1H3,(H2,19,20,21). The normalized spacial score (nSPS) is 18.0. The molecule has 1 fully saturated rings. The molecule has 0 radical (unpaired) electrons. The molecular weight excluding hydrogens is 304 g/mol. The van der Waals surface area contributed by atoms with Crippen molar-refractivity contribution < 1.29 is 9.21 Å². The average molecular weight is 326 g/mol. The third-order valence-electron chi connectivity index (χ3n) is 4.00. The van der Waals surface area contributed by atoms with Gasteiger partial charge in [0.05, 0.1) is 12.3 Å². The van der Waals surface area contributed by atoms with Crippen LogP contribution in [0.1, 0.15) is 12.2 Å². The van der Waals surface area contributed by atoms with E-state index in [1.54, 1.807) is 13.3 Å². The number of hydrogen-bond donors (Lipinski definition) is 2. The van der Waals surface area contributed by atoms with Gasteiger partial charge < -0.3 is 20.0 Å². The fraction of sp³-hybridized carbons (Fsp3) is 0.333. The summed E-state index contributed by atoms with van der Waals surface area (Å²) in [6.07, 6.45) is 2.92. The highest BCUT2D eigenvalue weighted by Crippen LogP contribution is 2.20. The van der Waals surface area contributed by atoms with Gasteiger partial charge in [0.25, 0.3) is 0 Å². The van der Waals surface area contributed by atoms with Gasteiger partial charge >= 0.3 is 0 Å². The molecule has 126 valence electrons. The predicted octanol–water partition coefficient (Wildman–Crippen LogP) is 1.79. The van der Waals surface area contributed by atoms with Crippen LogP contribution in [0.2, 0.25) is 0 Å². The molecule has 0 bridgehead atoms. The first-order valence-corrected chi connectivity index (χ1v) is 8.11. The summed E-state index contributed by atoms with van der Waals surface area (Å²) >= 11 is 0. The molecule has 24 heavy (non-hydrogen) atoms. The number of nitrogens with one attached hydrogen (secondary N) is 2. The number of rotatable bonds is 5. The zero-order valence-electron chi connectivity index (χ0n) is 13.7. The van der Waals surface area contributed by atoms with E-state index in [2.05, 4.69) is 15.6 Å². The first kappa shape index (κ1) is 16.1. The van der Waals surface area contributed by atoms with E-state index in [4.69, 9.17) is 4.42 Å². The average Bonchev–Trinajstić information content (AvgIpc) is 3.24. The Labute approximate surface area is 141 Å². The van der Waals surface area contributed by atoms with Gasteiger partial charge in [-0.1, -0.05) is 18.2 Å². The van der Waals surface area contributed by atoms with Crippen LogP contribution in [0.5, 0.6) is 0 Å². The van der Waals surface area contributed by atoms with Crippen LogP contribution in [0.4, 0.5) is 5.69 Å². The highest BCUT2D eigenvalue weighted by molar-refractivity contribution is 5.97. The van der Waals surface area contributed by atoms with E-state index in [9.17, 15) is 4.79 Å². The van der Waals surface area contributed by atoms with E-state index >= 15 is 0 Å². The maximum Gasteiger partial charge on any atom is 0.229 e. The van der Waals surface area contributed by atoms with Gasteiger partial charge in [-0.2, -0.15) is 0 Å². The second-order valence-corrected chi connectivity index (χ2v) is 5.71. The first-order chi connectivity index (χ1) is 11.8. The highest BCUT2D eigenvalue weighted by Gasteiger charge is 2.30. The number of hydrogen-bond acceptors (Lipinski definition) is 3. The zero-order valence-corrected chi connectivity index (χ0v) is 13.7. The third kappa shape index (κ3) is 3.95. The molecule has 1 amide bonds. The van der Waals surface area contributed by atoms with Crippen molar-refractivity contribution in [2.24, 2.45) is 4.99 Å². The van der Waals surface area contributed by atoms with Crippen molar-refractivity contribution in [3.63, 3.8) is 0 Å². The second-order valence-electron chi connectivity index (χ2n) is 5.71. The Morgan fingerprint density at radius 1 is 1.29 bits per heavy atom. The highest BCUT2D eigenvalue weighted by atomic mass is 16.3. The molecule has 1 aliphatic heterocycles. The number of carbonyl (C=O) groups is 1. The van der Waals surface area contributed by atoms with Crippen molar-refractivity contribution in [3.05, 3.63) is 54.5 Å². The summed E-state index contributed by atoms with van der Waals surface area (Å²) in [6.45, 7) is 1.36. The molecule has 3 rings (SSSR count). The first-order valence-electron chi connectivity index (χ1n) is 8.11. The lowest BCUT2D eigenvalue weighted by Crippen LogP contribution is -2.45. The third-order valence-corrected chi connectivity index (χ3v) is 4.00. The molecule has 2 aromatic rings. The molecule has 1 aliphatic rings. The maximum atomic E-state index is 12.2. The molecule has 1 unspecified atom stereocenters. The molecule has 0 aliphatic carbocycles. The number of benzene rings is 1. The molecule has 0 saturated carbocycles. The van der Waals surface area contributed by atoms with Crippen molar-refractivity contribution in [2.45, 2.75) is 18.9 Å². The Hall–Kier alpha value is -2.76. The summed E-state index contributed by atoms with van der Waals surface area (Å²) in [5.74, 6) is 1.77. The van der Waals surface area contributed by atoms with Crippen LogP contribution in [-0.2, 0) is 11.2 Å². The number of amides is 1. The minimum Gasteiger partial charge on any atom is -0.469 e. The molecule has 2 N–H and O–H groups in total. The van der Waals surface area contributed by atoms with Crippen molar-refractivity contribution in [1.29, 1.82) is 0 Å². The van der Waals surface area contributed by atoms with Gasteiger partial charge in [0, 0.05) is 38.7 Å². The van der Waals surface area contributed by atoms with E-state index in [1.807, 2.05) is 47.4 Å². The summed E-state index contributed by atoms with van der Waals surface area (Å²) in [5, 5.41) is 6.57. The molecule has 2 heterocycles. The molecular formula is C18H22N4O2. The summed E-state index contributed by atoms with van der Waals surface area (Å²) in [6, 6.07) is 13.6. The molecule has 1 atom stereocenters. The van der Waals surface area contributed by atoms with Gasteiger partial charge in [-0.25, -0.2) is 0 Å². The quantitative estimate of drug-likeness (QED) is 0.649. The van der Waals surface area contributed by atoms with Crippen LogP contribution in [0.15, 0.2) is 58.1 Å². The van der Waals surface area contributed by atoms with Crippen molar-refractivity contribution in [1.82, 2.24) is 10.6 Å². The van der Waals surface area contributed by atoms with E-state index in [0.717, 1.165) is 24.4 Å². The number of aliphatic imine (C=N–C) groups is 1. The lowest BCUT2D eigenvalue weighted by atomic mass is 10.2. The second kappa shape index (κ2) is 7.68. The predicted molar refractivity (Wildman–Crippen MR) is 94.1 cm³/mol. The fourth-order valence-electron chi connectivity index (χ4n) is 2.81. The summed E-state index contributed by atoms with van der Waals surface area (Å²) in [4.78, 5) is 18.3. The van der Waals surface area contributed by atoms with Gasteiger partial charge in [0.2, 0.25) is 5.91 Å². The number of para-hydroxylation sites is 1. The van der Waals surface area contributed by atoms with E-state index in [-0.39, 0.29) is 11.9 Å². The summed E-state index contributed by atoms with van der Waals surface area (Å²) in [5.41, 5.74) is 0.938. The number of anilines is 1. The largest absolute Gasteiger partial charge is 0.469 e. The van der Waals surface area contributed by atoms with E-state index < -0.39 is 0 Å². The number of nitrogens with zero attached hydrogens (tertiary/aromatic N) is 2. The van der Waals surface area contributed by atoms with E-state index in [1.165, 1.54) is 0 Å². The monoisotopic (exact) mass is 326 g/mol. The fourth-order valence-corrected chi connectivity index (χ4v) is 2.81. The minimum absolute atomic E-state index is 0.0486. The lowest BCUT2D eigenvalue weighted by molar-refractivity contribution is -0.117. The maximum absolute atomic E-state index is 12.2. The Kier molecular flexibility index (Phi) is 5.15. The number of guanidine groups is 1. The molecule has 6 nitrogen and oxygen atoms in total. The van der Waals surface area contributed by atoms with Crippen LogP contribution < -0.4 is 15.5 Å². The van der Waals surface area contributed by atoms with Gasteiger partial charge in [0.15, 0.2) is 5.96 Å². The van der Waals surface area contributed by atoms with E-state index in [0.29, 0.717) is 18.9 Å². The van der Waals surface area contributed by atoms with Crippen molar-refractivity contribution in [2.75, 3.05) is 25.0 Å². The molecule has 1 aromatic carbocycles. The topological polar surface area (TPSA) is 69.9 Å². The molecule has 1 saturated heterocycles. The molecule has 6 heteroatoms. The lowest BCUT2D eigenvalue weighted by Gasteiger charge is -2.18. The Morgan fingerprint density at radius 3 is 2.83 bits per heavy atom. The Bertz CT molecular complexity index is 682. The van der Waals surface area contributed by atoms with Gasteiger partial charge in [0.1, 0.15) is 5.76 Å². The number of furan rings is 1. The van der Waals surface area contributed by atoms with Crippen LogP contribution in [0, 0.1) is 0 Å². The molecule has 0 spiro atoms. The Morgan fingerprint density at radius 2 is 2.12 bits per heavy atom. The zero-order chi connectivity index (χ0) is 16.8. The van der Waals surface area contributed by atoms with Crippen molar-refractivity contribution >= 4 is 17.6 Å². The Balaban J connectivity index is 1.50. The minimum atomic E-state index is 0.0486. The van der Waals surface area contributed by atoms with Gasteiger partial charge in [-0.3, -0.25) is 9.79 Å². The molecule has 1 aromatic heterocycles.